The van der Waals surface area contributed by atoms with Gasteiger partial charge in [-0.15, -0.1) is 0 Å². The molecule has 0 spiro atoms. The topological polar surface area (TPSA) is 12.9 Å². The molecule has 0 bridgehead atoms. The Labute approximate surface area is 161 Å². The molecule has 1 aromatic carbocycles. The molecule has 144 valence electrons. The minimum absolute atomic E-state index is 1.15. The zero-order chi connectivity index (χ0) is 18.5. The van der Waals surface area contributed by atoms with E-state index in [1.54, 1.807) is 0 Å². The maximum absolute atomic E-state index is 5.04. The van der Waals surface area contributed by atoms with E-state index >= 15 is 0 Å². The number of hydrogen-bond acceptors (Lipinski definition) is 1. The Balaban J connectivity index is 1.91. The Morgan fingerprint density at radius 1 is 0.654 bits per heavy atom. The lowest BCUT2D eigenvalue weighted by molar-refractivity contribution is 0.596. The van der Waals surface area contributed by atoms with Gasteiger partial charge < -0.3 is 0 Å². The summed E-state index contributed by atoms with van der Waals surface area (Å²) in [7, 11) is 0. The molecule has 0 aliphatic rings. The fourth-order valence-corrected chi connectivity index (χ4v) is 3.80. The third-order valence-electron chi connectivity index (χ3n) is 5.46. The molecule has 0 aliphatic carbocycles. The summed E-state index contributed by atoms with van der Waals surface area (Å²) in [5.41, 5.74) is 4.04. The molecule has 0 aliphatic heterocycles. The molecule has 1 heterocycles. The summed E-state index contributed by atoms with van der Waals surface area (Å²) in [5.74, 6) is 0. The number of fused-ring (bicyclic) bond motifs is 1. The summed E-state index contributed by atoms with van der Waals surface area (Å²) >= 11 is 0. The fourth-order valence-electron chi connectivity index (χ4n) is 3.80. The molecule has 2 aromatic rings. The van der Waals surface area contributed by atoms with Crippen LogP contribution in [0, 0.1) is 0 Å². The number of para-hydroxylation sites is 1. The number of unbranched alkanes of at least 4 members (excludes halogenated alkanes) is 10. The van der Waals surface area contributed by atoms with Gasteiger partial charge in [-0.2, -0.15) is 0 Å². The van der Waals surface area contributed by atoms with E-state index in [2.05, 4.69) is 44.2 Å². The molecule has 1 heteroatoms. The highest BCUT2D eigenvalue weighted by atomic mass is 14.7. The lowest BCUT2D eigenvalue weighted by Crippen LogP contribution is -2.00. The van der Waals surface area contributed by atoms with E-state index in [0.717, 1.165) is 6.42 Å². The van der Waals surface area contributed by atoms with Crippen LogP contribution in [0.1, 0.15) is 102 Å². The predicted octanol–water partition coefficient (Wildman–Crippen LogP) is 8.04. The van der Waals surface area contributed by atoms with Crippen LogP contribution in [0.4, 0.5) is 0 Å². The van der Waals surface area contributed by atoms with Crippen molar-refractivity contribution in [2.45, 2.75) is 104 Å². The Hall–Kier alpha value is -1.37. The largest absolute Gasteiger partial charge is 0.253 e. The van der Waals surface area contributed by atoms with Crippen molar-refractivity contribution in [2.75, 3.05) is 0 Å². The van der Waals surface area contributed by atoms with E-state index in [1.807, 2.05) is 0 Å². The van der Waals surface area contributed by atoms with Crippen molar-refractivity contribution in [3.8, 4) is 0 Å². The van der Waals surface area contributed by atoms with Crippen molar-refractivity contribution in [1.82, 2.24) is 4.98 Å². The van der Waals surface area contributed by atoms with Gasteiger partial charge in [-0.05, 0) is 43.4 Å². The van der Waals surface area contributed by atoms with Crippen molar-refractivity contribution in [2.24, 2.45) is 0 Å². The normalized spacial score (nSPS) is 11.3. The second kappa shape index (κ2) is 12.9. The third-order valence-corrected chi connectivity index (χ3v) is 5.46. The van der Waals surface area contributed by atoms with Crippen LogP contribution in [0.3, 0.4) is 0 Å². The summed E-state index contributed by atoms with van der Waals surface area (Å²) in [6.45, 7) is 4.57. The van der Waals surface area contributed by atoms with Crippen molar-refractivity contribution in [3.05, 3.63) is 41.6 Å². The van der Waals surface area contributed by atoms with Gasteiger partial charge in [-0.1, -0.05) is 96.3 Å². The Bertz CT molecular complexity index is 562. The highest BCUT2D eigenvalue weighted by Gasteiger charge is 2.07. The number of aryl methyl sites for hydroxylation is 2. The van der Waals surface area contributed by atoms with Crippen molar-refractivity contribution in [1.29, 1.82) is 0 Å². The number of rotatable bonds is 14. The first-order valence-corrected chi connectivity index (χ1v) is 11.2. The van der Waals surface area contributed by atoms with Crippen molar-refractivity contribution in [3.63, 3.8) is 0 Å². The van der Waals surface area contributed by atoms with Crippen LogP contribution in [0.25, 0.3) is 10.9 Å². The molecule has 2 rings (SSSR count). The van der Waals surface area contributed by atoms with Crippen LogP contribution in [0.15, 0.2) is 30.3 Å². The van der Waals surface area contributed by atoms with Gasteiger partial charge in [-0.3, -0.25) is 4.98 Å². The number of pyridine rings is 1. The van der Waals surface area contributed by atoms with E-state index in [0.29, 0.717) is 0 Å². The second-order valence-corrected chi connectivity index (χ2v) is 7.82. The molecule has 0 N–H and O–H groups in total. The Morgan fingerprint density at radius 2 is 1.23 bits per heavy atom. The zero-order valence-corrected chi connectivity index (χ0v) is 17.2. The molecule has 0 saturated carbocycles. The number of benzene rings is 1. The van der Waals surface area contributed by atoms with E-state index in [-0.39, 0.29) is 0 Å². The average Bonchev–Trinajstić information content (AvgIpc) is 2.67. The predicted molar refractivity (Wildman–Crippen MR) is 116 cm³/mol. The van der Waals surface area contributed by atoms with Gasteiger partial charge in [0.1, 0.15) is 0 Å². The minimum atomic E-state index is 1.15. The van der Waals surface area contributed by atoms with Crippen LogP contribution in [-0.2, 0) is 12.8 Å². The monoisotopic (exact) mass is 353 g/mol. The molecule has 0 fully saturated rings. The lowest BCUT2D eigenvalue weighted by atomic mass is 9.98. The second-order valence-electron chi connectivity index (χ2n) is 7.82. The van der Waals surface area contributed by atoms with Gasteiger partial charge in [0.15, 0.2) is 0 Å². The molecule has 1 aromatic heterocycles. The lowest BCUT2D eigenvalue weighted by Gasteiger charge is -2.11. The smallest absolute Gasteiger partial charge is 0.0705 e. The third kappa shape index (κ3) is 7.48. The van der Waals surface area contributed by atoms with E-state index in [4.69, 9.17) is 4.98 Å². The SMILES string of the molecule is CCCCCCCCc1cc2ccccc2nc1CCCCCCCC. The van der Waals surface area contributed by atoms with Gasteiger partial charge in [0.05, 0.1) is 5.52 Å². The van der Waals surface area contributed by atoms with Gasteiger partial charge in [0.2, 0.25) is 0 Å². The van der Waals surface area contributed by atoms with Crippen LogP contribution < -0.4 is 0 Å². The maximum Gasteiger partial charge on any atom is 0.0705 e. The minimum Gasteiger partial charge on any atom is -0.253 e. The van der Waals surface area contributed by atoms with Crippen LogP contribution in [0.2, 0.25) is 0 Å². The summed E-state index contributed by atoms with van der Waals surface area (Å²) in [5, 5.41) is 1.31. The van der Waals surface area contributed by atoms with Gasteiger partial charge in [0, 0.05) is 11.1 Å². The Kier molecular flexibility index (Phi) is 10.4. The summed E-state index contributed by atoms with van der Waals surface area (Å²) in [4.78, 5) is 5.04. The molecule has 0 saturated heterocycles. The highest BCUT2D eigenvalue weighted by Crippen LogP contribution is 2.21. The number of nitrogens with zero attached hydrogens (tertiary/aromatic N) is 1. The van der Waals surface area contributed by atoms with Crippen LogP contribution in [0.5, 0.6) is 0 Å². The first-order valence-electron chi connectivity index (χ1n) is 11.2. The molecular formula is C25H39N. The molecule has 0 unspecified atom stereocenters. The summed E-state index contributed by atoms with van der Waals surface area (Å²) < 4.78 is 0. The molecule has 0 radical (unpaired) electrons. The quantitative estimate of drug-likeness (QED) is 0.313. The standard InChI is InChI=1S/C25H39N/c1-3-5-7-9-11-13-17-22-21-23-18-15-16-20-25(23)26-24(22)19-14-12-10-8-6-4-2/h15-16,18,20-21H,3-14,17,19H2,1-2H3. The maximum atomic E-state index is 5.04. The first kappa shape index (κ1) is 20.9. The highest BCUT2D eigenvalue weighted by molar-refractivity contribution is 5.79. The number of aromatic nitrogens is 1. The molecule has 0 amide bonds. The molecular weight excluding hydrogens is 314 g/mol. The average molecular weight is 354 g/mol. The number of hydrogen-bond donors (Lipinski definition) is 0. The molecule has 26 heavy (non-hydrogen) atoms. The molecule has 1 nitrogen and oxygen atoms in total. The van der Waals surface area contributed by atoms with Gasteiger partial charge in [-0.25, -0.2) is 0 Å². The molecule has 0 atom stereocenters. The summed E-state index contributed by atoms with van der Waals surface area (Å²) in [6, 6.07) is 11.0. The first-order chi connectivity index (χ1) is 12.8. The Morgan fingerprint density at radius 3 is 1.92 bits per heavy atom. The van der Waals surface area contributed by atoms with E-state index in [9.17, 15) is 0 Å². The van der Waals surface area contributed by atoms with Crippen molar-refractivity contribution >= 4 is 10.9 Å². The fraction of sp³-hybridized carbons (Fsp3) is 0.640. The van der Waals surface area contributed by atoms with Crippen LogP contribution >= 0.6 is 0 Å². The van der Waals surface area contributed by atoms with Crippen molar-refractivity contribution < 1.29 is 0 Å². The van der Waals surface area contributed by atoms with Gasteiger partial charge in [0.25, 0.3) is 0 Å². The van der Waals surface area contributed by atoms with E-state index in [1.165, 1.54) is 106 Å². The van der Waals surface area contributed by atoms with Gasteiger partial charge >= 0.3 is 0 Å². The summed E-state index contributed by atoms with van der Waals surface area (Å²) in [6.07, 6.45) is 18.7. The van der Waals surface area contributed by atoms with Crippen LogP contribution in [-0.4, -0.2) is 4.98 Å². The van der Waals surface area contributed by atoms with E-state index < -0.39 is 0 Å². The zero-order valence-electron chi connectivity index (χ0n) is 17.2.